The number of carbonyl (C=O) groups is 2. The lowest BCUT2D eigenvalue weighted by molar-refractivity contribution is -0.248. The van der Waals surface area contributed by atoms with Gasteiger partial charge >= 0.3 is 6.09 Å². The van der Waals surface area contributed by atoms with Crippen molar-refractivity contribution in [3.05, 3.63) is 28.7 Å². The second-order valence-electron chi connectivity index (χ2n) is 12.3. The van der Waals surface area contributed by atoms with Gasteiger partial charge in [0.25, 0.3) is 0 Å². The van der Waals surface area contributed by atoms with Crippen molar-refractivity contribution >= 4 is 17.8 Å². The van der Waals surface area contributed by atoms with Crippen LogP contribution in [0.5, 0.6) is 0 Å². The maximum atomic E-state index is 14.0. The average Bonchev–Trinajstić information content (AvgIpc) is 3.21. The van der Waals surface area contributed by atoms with Gasteiger partial charge in [0.15, 0.2) is 5.79 Å². The lowest BCUT2D eigenvalue weighted by Crippen LogP contribution is -2.56. The topological polar surface area (TPSA) is 120 Å². The Bertz CT molecular complexity index is 1140. The van der Waals surface area contributed by atoms with Gasteiger partial charge in [-0.25, -0.2) is 14.8 Å². The number of ketones is 1. The van der Waals surface area contributed by atoms with E-state index in [0.29, 0.717) is 68.7 Å². The lowest BCUT2D eigenvalue weighted by Gasteiger charge is -2.52. The summed E-state index contributed by atoms with van der Waals surface area (Å²) in [5, 5.41) is 0. The van der Waals surface area contributed by atoms with E-state index < -0.39 is 16.8 Å². The number of fused-ring (bicyclic) bond motifs is 1. The number of anilines is 1. The molecule has 1 aromatic heterocycles. The number of allylic oxidation sites excluding steroid dienone is 1. The minimum atomic E-state index is -0.722. The molecule has 2 aliphatic carbocycles. The van der Waals surface area contributed by atoms with Crippen molar-refractivity contribution < 1.29 is 23.8 Å². The Balaban J connectivity index is 1.38. The molecule has 10 heteroatoms. The van der Waals surface area contributed by atoms with Crippen molar-refractivity contribution in [1.29, 1.82) is 0 Å². The molecule has 1 aromatic rings. The number of aryl methyl sites for hydroxylation is 1. The van der Waals surface area contributed by atoms with Crippen LogP contribution in [0.15, 0.2) is 17.3 Å². The molecular formula is C29H43N5O5. The zero-order chi connectivity index (χ0) is 27.8. The fraction of sp³-hybridized carbons (Fsp3) is 0.724. The van der Waals surface area contributed by atoms with Crippen molar-refractivity contribution in [3.8, 4) is 0 Å². The summed E-state index contributed by atoms with van der Waals surface area (Å²) in [6.45, 7) is 10.9. The molecule has 4 aliphatic rings. The van der Waals surface area contributed by atoms with Gasteiger partial charge in [-0.3, -0.25) is 4.79 Å². The maximum absolute atomic E-state index is 14.0. The molecule has 0 aromatic carbocycles. The Hall–Kier alpha value is -2.72. The fourth-order valence-electron chi connectivity index (χ4n) is 6.70. The molecule has 2 aliphatic heterocycles. The lowest BCUT2D eigenvalue weighted by atomic mass is 9.60. The molecule has 39 heavy (non-hydrogen) atoms. The molecule has 0 radical (unpaired) electrons. The number of Topliss-reactive ketones (excluding diaryl/α,β-unsaturated/α-hetero) is 1. The number of aromatic nitrogens is 2. The van der Waals surface area contributed by atoms with Gasteiger partial charge in [0.1, 0.15) is 11.3 Å². The highest BCUT2D eigenvalue weighted by Crippen LogP contribution is 2.57. The molecule has 214 valence electrons. The first-order valence-electron chi connectivity index (χ1n) is 14.4. The van der Waals surface area contributed by atoms with E-state index in [0.717, 1.165) is 50.6 Å². The van der Waals surface area contributed by atoms with Gasteiger partial charge in [-0.2, -0.15) is 0 Å². The minimum Gasteiger partial charge on any atom is -0.444 e. The molecule has 3 fully saturated rings. The minimum absolute atomic E-state index is 0.137. The summed E-state index contributed by atoms with van der Waals surface area (Å²) in [5.41, 5.74) is 8.24. The van der Waals surface area contributed by atoms with Crippen LogP contribution in [0.25, 0.3) is 0 Å². The van der Waals surface area contributed by atoms with Gasteiger partial charge in [0, 0.05) is 49.6 Å². The van der Waals surface area contributed by atoms with Crippen LogP contribution in [-0.4, -0.2) is 77.5 Å². The van der Waals surface area contributed by atoms with Gasteiger partial charge in [0.05, 0.1) is 18.6 Å². The van der Waals surface area contributed by atoms with E-state index in [2.05, 4.69) is 4.98 Å². The van der Waals surface area contributed by atoms with Gasteiger partial charge in [0.2, 0.25) is 11.7 Å². The predicted molar refractivity (Wildman–Crippen MR) is 146 cm³/mol. The summed E-state index contributed by atoms with van der Waals surface area (Å²) in [6.07, 6.45) is 6.54. The van der Waals surface area contributed by atoms with Crippen LogP contribution in [0.2, 0.25) is 0 Å². The highest BCUT2D eigenvalue weighted by Gasteiger charge is 2.59. The number of rotatable bonds is 3. The van der Waals surface area contributed by atoms with Crippen LogP contribution in [0.3, 0.4) is 0 Å². The first-order chi connectivity index (χ1) is 18.5. The molecule has 1 atom stereocenters. The summed E-state index contributed by atoms with van der Waals surface area (Å²) in [4.78, 5) is 39.8. The molecule has 2 N–H and O–H groups in total. The molecule has 0 bridgehead atoms. The van der Waals surface area contributed by atoms with Crippen molar-refractivity contribution in [2.75, 3.05) is 44.3 Å². The Labute approximate surface area is 231 Å². The van der Waals surface area contributed by atoms with Gasteiger partial charge in [-0.1, -0.05) is 6.42 Å². The average molecular weight is 542 g/mol. The Morgan fingerprint density at radius 2 is 1.69 bits per heavy atom. The van der Waals surface area contributed by atoms with Crippen LogP contribution >= 0.6 is 0 Å². The monoisotopic (exact) mass is 541 g/mol. The summed E-state index contributed by atoms with van der Waals surface area (Å²) >= 11 is 0. The number of amides is 1. The maximum Gasteiger partial charge on any atom is 0.410 e. The van der Waals surface area contributed by atoms with Crippen molar-refractivity contribution in [2.45, 2.75) is 90.4 Å². The normalized spacial score (nSPS) is 25.7. The second-order valence-corrected chi connectivity index (χ2v) is 12.3. The van der Waals surface area contributed by atoms with Gasteiger partial charge < -0.3 is 29.7 Å². The Morgan fingerprint density at radius 3 is 2.44 bits per heavy atom. The van der Waals surface area contributed by atoms with E-state index in [1.165, 1.54) is 0 Å². The number of hydrogen-bond acceptors (Lipinski definition) is 9. The van der Waals surface area contributed by atoms with E-state index in [4.69, 9.17) is 24.9 Å². The molecule has 5 rings (SSSR count). The first kappa shape index (κ1) is 27.8. The van der Waals surface area contributed by atoms with Crippen molar-refractivity contribution in [3.63, 3.8) is 0 Å². The van der Waals surface area contributed by atoms with Crippen molar-refractivity contribution in [1.82, 2.24) is 14.9 Å². The standard InChI is InChI=1S/C29H43N5O5/c1-20-19-22(32-25(31-20)33-13-8-14-34(16-15-33)26(36)39-27(2,3)4)23(35)21-9-7-11-28(24(21)30)10-5-6-12-29(28)37-17-18-38-29/h19H,5-18,30H2,1-4H3/t28-/m0/s1. The number of carbonyl (C=O) groups excluding carboxylic acids is 2. The van der Waals surface area contributed by atoms with E-state index in [-0.39, 0.29) is 11.9 Å². The van der Waals surface area contributed by atoms with Gasteiger partial charge in [-0.15, -0.1) is 0 Å². The molecule has 0 unspecified atom stereocenters. The summed E-state index contributed by atoms with van der Waals surface area (Å²) in [7, 11) is 0. The third kappa shape index (κ3) is 5.37. The summed E-state index contributed by atoms with van der Waals surface area (Å²) in [5.74, 6) is -0.354. The zero-order valence-electron chi connectivity index (χ0n) is 23.9. The highest BCUT2D eigenvalue weighted by molar-refractivity contribution is 6.08. The number of nitrogens with two attached hydrogens (primary N) is 1. The van der Waals surface area contributed by atoms with E-state index >= 15 is 0 Å². The zero-order valence-corrected chi connectivity index (χ0v) is 23.9. The molecule has 1 saturated carbocycles. The van der Waals surface area contributed by atoms with Crippen LogP contribution in [0, 0.1) is 12.3 Å². The smallest absolute Gasteiger partial charge is 0.410 e. The highest BCUT2D eigenvalue weighted by atomic mass is 16.7. The van der Waals surface area contributed by atoms with Gasteiger partial charge in [-0.05, 0) is 72.3 Å². The molecule has 10 nitrogen and oxygen atoms in total. The molecule has 2 spiro atoms. The SMILES string of the molecule is Cc1cc(C(=O)C2=C(N)[C@]3(CCCCC34OCCO4)CCC2)nc(N2CCCN(C(=O)OC(C)(C)C)CC2)n1. The van der Waals surface area contributed by atoms with Crippen molar-refractivity contribution in [2.24, 2.45) is 11.1 Å². The van der Waals surface area contributed by atoms with Crippen LogP contribution in [-0.2, 0) is 14.2 Å². The Kier molecular flexibility index (Phi) is 7.63. The fourth-order valence-corrected chi connectivity index (χ4v) is 6.70. The third-order valence-electron chi connectivity index (χ3n) is 8.49. The molecular weight excluding hydrogens is 498 g/mol. The van der Waals surface area contributed by atoms with Crippen LogP contribution < -0.4 is 10.6 Å². The van der Waals surface area contributed by atoms with Crippen LogP contribution in [0.4, 0.5) is 10.7 Å². The number of ether oxygens (including phenoxy) is 3. The molecule has 3 heterocycles. The largest absolute Gasteiger partial charge is 0.444 e. The quantitative estimate of drug-likeness (QED) is 0.564. The third-order valence-corrected chi connectivity index (χ3v) is 8.49. The molecule has 1 amide bonds. The predicted octanol–water partition coefficient (Wildman–Crippen LogP) is 4.12. The summed E-state index contributed by atoms with van der Waals surface area (Å²) in [6, 6.07) is 1.75. The molecule has 2 saturated heterocycles. The second kappa shape index (κ2) is 10.7. The number of nitrogens with zero attached hydrogens (tertiary/aromatic N) is 4. The van der Waals surface area contributed by atoms with E-state index in [1.54, 1.807) is 11.0 Å². The number of hydrogen-bond donors (Lipinski definition) is 1. The van der Waals surface area contributed by atoms with E-state index in [1.807, 2.05) is 32.6 Å². The Morgan fingerprint density at radius 1 is 0.974 bits per heavy atom. The van der Waals surface area contributed by atoms with Crippen LogP contribution in [0.1, 0.15) is 88.3 Å². The first-order valence-corrected chi connectivity index (χ1v) is 14.4. The summed E-state index contributed by atoms with van der Waals surface area (Å²) < 4.78 is 18.0. The van der Waals surface area contributed by atoms with E-state index in [9.17, 15) is 9.59 Å².